The van der Waals surface area contributed by atoms with Gasteiger partial charge in [0.05, 0.1) is 34.5 Å². The van der Waals surface area contributed by atoms with Crippen molar-refractivity contribution < 1.29 is 9.21 Å². The quantitative estimate of drug-likeness (QED) is 0.439. The van der Waals surface area contributed by atoms with Crippen LogP contribution in [0.1, 0.15) is 24.2 Å². The van der Waals surface area contributed by atoms with E-state index >= 15 is 0 Å². The number of hydrogen-bond donors (Lipinski definition) is 0. The highest BCUT2D eigenvalue weighted by Gasteiger charge is 2.33. The van der Waals surface area contributed by atoms with Crippen molar-refractivity contribution in [1.29, 1.82) is 0 Å². The summed E-state index contributed by atoms with van der Waals surface area (Å²) in [5.41, 5.74) is 2.22. The molecule has 1 amide bonds. The van der Waals surface area contributed by atoms with Crippen LogP contribution >= 0.6 is 24.0 Å². The van der Waals surface area contributed by atoms with Gasteiger partial charge < -0.3 is 13.9 Å². The minimum Gasteiger partial charge on any atom is -0.467 e. The van der Waals surface area contributed by atoms with Crippen molar-refractivity contribution in [3.05, 3.63) is 69.2 Å². The first kappa shape index (κ1) is 20.1. The first-order valence-corrected chi connectivity index (χ1v) is 11.4. The average Bonchev–Trinajstić information content (AvgIpc) is 3.52. The number of aromatic nitrogens is 1. The number of furan rings is 1. The van der Waals surface area contributed by atoms with Crippen LogP contribution in [0, 0.1) is 0 Å². The van der Waals surface area contributed by atoms with Gasteiger partial charge in [0.1, 0.15) is 10.1 Å². The summed E-state index contributed by atoms with van der Waals surface area (Å²) in [7, 11) is 1.78. The number of rotatable bonds is 4. The lowest BCUT2D eigenvalue weighted by molar-refractivity contribution is -0.122. The van der Waals surface area contributed by atoms with E-state index in [0.29, 0.717) is 20.5 Å². The molecular formula is C23H21N3O3S2. The Morgan fingerprint density at radius 3 is 2.65 bits per heavy atom. The molecule has 0 spiro atoms. The first-order chi connectivity index (χ1) is 15.0. The molecule has 2 aromatic heterocycles. The summed E-state index contributed by atoms with van der Waals surface area (Å²) in [5, 5.41) is 1.02. The van der Waals surface area contributed by atoms with E-state index in [1.807, 2.05) is 30.3 Å². The lowest BCUT2D eigenvalue weighted by Crippen LogP contribution is -2.28. The summed E-state index contributed by atoms with van der Waals surface area (Å²) < 4.78 is 7.50. The first-order valence-electron chi connectivity index (χ1n) is 10.2. The number of fused-ring (bicyclic) bond motifs is 1. The predicted molar refractivity (Wildman–Crippen MR) is 128 cm³/mol. The second kappa shape index (κ2) is 8.01. The molecule has 2 aliphatic rings. The van der Waals surface area contributed by atoms with E-state index < -0.39 is 0 Å². The largest absolute Gasteiger partial charge is 0.467 e. The van der Waals surface area contributed by atoms with Gasteiger partial charge in [-0.2, -0.15) is 0 Å². The number of benzene rings is 1. The summed E-state index contributed by atoms with van der Waals surface area (Å²) >= 11 is 6.68. The highest BCUT2D eigenvalue weighted by Crippen LogP contribution is 2.37. The molecule has 0 atom stereocenters. The van der Waals surface area contributed by atoms with Crippen molar-refractivity contribution in [1.82, 2.24) is 9.47 Å². The molecule has 0 aliphatic carbocycles. The van der Waals surface area contributed by atoms with Gasteiger partial charge >= 0.3 is 0 Å². The molecule has 6 nitrogen and oxygen atoms in total. The van der Waals surface area contributed by atoms with Crippen LogP contribution in [0.25, 0.3) is 17.0 Å². The van der Waals surface area contributed by atoms with Crippen LogP contribution in [-0.2, 0) is 18.4 Å². The fraction of sp³-hybridized carbons (Fsp3) is 0.261. The molecule has 0 N–H and O–H groups in total. The molecule has 3 aromatic rings. The molecule has 0 radical (unpaired) electrons. The lowest BCUT2D eigenvalue weighted by Gasteiger charge is -2.23. The zero-order chi connectivity index (χ0) is 21.5. The number of amides is 1. The van der Waals surface area contributed by atoms with Crippen LogP contribution in [0.15, 0.2) is 56.8 Å². The van der Waals surface area contributed by atoms with E-state index in [9.17, 15) is 9.59 Å². The van der Waals surface area contributed by atoms with E-state index in [1.54, 1.807) is 30.0 Å². The molecular weight excluding hydrogens is 430 g/mol. The number of pyridine rings is 1. The summed E-state index contributed by atoms with van der Waals surface area (Å²) in [6.45, 7) is 2.08. The monoisotopic (exact) mass is 451 g/mol. The Bertz CT molecular complexity index is 1270. The smallest absolute Gasteiger partial charge is 0.266 e. The number of carbonyl (C=O) groups excluding carboxylic acids is 1. The predicted octanol–water partition coefficient (Wildman–Crippen LogP) is 4.13. The minimum atomic E-state index is -0.200. The Kier molecular flexibility index (Phi) is 5.19. The molecule has 31 heavy (non-hydrogen) atoms. The zero-order valence-electron chi connectivity index (χ0n) is 17.0. The van der Waals surface area contributed by atoms with Gasteiger partial charge in [0.25, 0.3) is 11.5 Å². The van der Waals surface area contributed by atoms with Gasteiger partial charge in [0.2, 0.25) is 0 Å². The number of thiocarbonyl (C=S) groups is 1. The highest BCUT2D eigenvalue weighted by molar-refractivity contribution is 8.26. The molecule has 2 saturated heterocycles. The summed E-state index contributed by atoms with van der Waals surface area (Å²) in [5.74, 6) is 0.464. The van der Waals surface area contributed by atoms with Gasteiger partial charge in [-0.3, -0.25) is 14.5 Å². The van der Waals surface area contributed by atoms with Gasteiger partial charge in [-0.25, -0.2) is 0 Å². The third-order valence-electron chi connectivity index (χ3n) is 5.78. The maximum absolute atomic E-state index is 13.4. The average molecular weight is 452 g/mol. The number of nitrogens with zero attached hydrogens (tertiary/aromatic N) is 3. The fourth-order valence-corrected chi connectivity index (χ4v) is 5.48. The lowest BCUT2D eigenvalue weighted by atomic mass is 10.1. The number of carbonyl (C=O) groups is 1. The standard InChI is InChI=1S/C23H21N3O3S2/c1-24-18-9-3-2-8-16(18)20(25-10-4-5-11-25)17(21(24)27)13-19-22(28)26(23(30)31-19)14-15-7-6-12-29-15/h2-3,6-9,12-13H,4-5,10-11,14H2,1H3. The normalized spacial score (nSPS) is 18.2. The number of anilines is 1. The summed E-state index contributed by atoms with van der Waals surface area (Å²) in [6, 6.07) is 11.5. The molecule has 0 bridgehead atoms. The van der Waals surface area contributed by atoms with Crippen molar-refractivity contribution in [2.24, 2.45) is 7.05 Å². The summed E-state index contributed by atoms with van der Waals surface area (Å²) in [4.78, 5) is 30.8. The Morgan fingerprint density at radius 1 is 1.13 bits per heavy atom. The molecule has 1 aromatic carbocycles. The number of thioether (sulfide) groups is 1. The Morgan fingerprint density at radius 2 is 1.90 bits per heavy atom. The van der Waals surface area contributed by atoms with Crippen LogP contribution in [0.2, 0.25) is 0 Å². The van der Waals surface area contributed by atoms with Crippen molar-refractivity contribution in [2.45, 2.75) is 19.4 Å². The zero-order valence-corrected chi connectivity index (χ0v) is 18.7. The van der Waals surface area contributed by atoms with E-state index in [1.165, 1.54) is 16.7 Å². The molecule has 8 heteroatoms. The Balaban J connectivity index is 1.63. The van der Waals surface area contributed by atoms with E-state index in [4.69, 9.17) is 16.6 Å². The maximum atomic E-state index is 13.4. The van der Waals surface area contributed by atoms with Crippen LogP contribution in [0.4, 0.5) is 5.69 Å². The van der Waals surface area contributed by atoms with Crippen molar-refractivity contribution >= 4 is 56.9 Å². The van der Waals surface area contributed by atoms with Crippen LogP contribution < -0.4 is 10.5 Å². The third-order valence-corrected chi connectivity index (χ3v) is 7.15. The molecule has 0 saturated carbocycles. The number of para-hydroxylation sites is 1. The van der Waals surface area contributed by atoms with Crippen molar-refractivity contribution in [2.75, 3.05) is 18.0 Å². The van der Waals surface area contributed by atoms with Crippen molar-refractivity contribution in [3.8, 4) is 0 Å². The van der Waals surface area contributed by atoms with Gasteiger partial charge in [0, 0.05) is 25.5 Å². The highest BCUT2D eigenvalue weighted by atomic mass is 32.2. The molecule has 2 fully saturated rings. The topological polar surface area (TPSA) is 58.7 Å². The SMILES string of the molecule is Cn1c(=O)c(C=C2SC(=S)N(Cc3ccco3)C2=O)c(N2CCCC2)c2ccccc21. The molecule has 0 unspecified atom stereocenters. The van der Waals surface area contributed by atoms with Crippen LogP contribution in [-0.4, -0.2) is 32.8 Å². The van der Waals surface area contributed by atoms with Crippen LogP contribution in [0.3, 0.4) is 0 Å². The van der Waals surface area contributed by atoms with Crippen molar-refractivity contribution in [3.63, 3.8) is 0 Å². The van der Waals surface area contributed by atoms with E-state index in [0.717, 1.165) is 42.5 Å². The number of hydrogen-bond acceptors (Lipinski definition) is 6. The van der Waals surface area contributed by atoms with Gasteiger partial charge in [-0.15, -0.1) is 0 Å². The third kappa shape index (κ3) is 3.49. The fourth-order valence-electron chi connectivity index (χ4n) is 4.24. The second-order valence-electron chi connectivity index (χ2n) is 7.68. The Labute approximate surface area is 189 Å². The van der Waals surface area contributed by atoms with Gasteiger partial charge in [-0.05, 0) is 37.1 Å². The minimum absolute atomic E-state index is 0.114. The Hall–Kier alpha value is -2.84. The van der Waals surface area contributed by atoms with Gasteiger partial charge in [0.15, 0.2) is 0 Å². The van der Waals surface area contributed by atoms with Crippen LogP contribution in [0.5, 0.6) is 0 Å². The molecule has 158 valence electrons. The second-order valence-corrected chi connectivity index (χ2v) is 9.36. The molecule has 2 aliphatic heterocycles. The molecule has 5 rings (SSSR count). The van der Waals surface area contributed by atoms with E-state index in [2.05, 4.69) is 4.90 Å². The summed E-state index contributed by atoms with van der Waals surface area (Å²) in [6.07, 6.45) is 5.48. The molecule has 4 heterocycles. The maximum Gasteiger partial charge on any atom is 0.266 e. The van der Waals surface area contributed by atoms with E-state index in [-0.39, 0.29) is 18.0 Å². The van der Waals surface area contributed by atoms with Gasteiger partial charge in [-0.1, -0.05) is 42.2 Å². The number of aryl methyl sites for hydroxylation is 1.